The van der Waals surface area contributed by atoms with E-state index in [-0.39, 0.29) is 5.25 Å². The third-order valence-electron chi connectivity index (χ3n) is 3.46. The molecule has 0 spiro atoms. The number of ether oxygens (including phenoxy) is 2. The number of rotatable bonds is 6. The van der Waals surface area contributed by atoms with Crippen LogP contribution in [0.2, 0.25) is 0 Å². The van der Waals surface area contributed by atoms with E-state index < -0.39 is 6.10 Å². The average Bonchev–Trinajstić information content (AvgIpc) is 2.49. The molecule has 3 nitrogen and oxygen atoms in total. The molecule has 1 aromatic carbocycles. The fourth-order valence-electron chi connectivity index (χ4n) is 2.44. The number of thioether (sulfide) groups is 2. The lowest BCUT2D eigenvalue weighted by atomic mass is 10.0. The van der Waals surface area contributed by atoms with Gasteiger partial charge in [0.25, 0.3) is 0 Å². The summed E-state index contributed by atoms with van der Waals surface area (Å²) in [6.07, 6.45) is -0.465. The molecule has 1 saturated heterocycles. The maximum Gasteiger partial charge on any atom is 0.161 e. The molecule has 21 heavy (non-hydrogen) atoms. The molecule has 2 rings (SSSR count). The normalized spacial score (nSPS) is 23.6. The largest absolute Gasteiger partial charge is 0.490 e. The minimum absolute atomic E-state index is 0.233. The first-order chi connectivity index (χ1) is 10.2. The molecule has 0 saturated carbocycles. The van der Waals surface area contributed by atoms with E-state index in [0.717, 1.165) is 22.8 Å². The van der Waals surface area contributed by atoms with Gasteiger partial charge in [0.15, 0.2) is 11.5 Å². The summed E-state index contributed by atoms with van der Waals surface area (Å²) in [6.45, 7) is 7.30. The maximum atomic E-state index is 10.7. The predicted octanol–water partition coefficient (Wildman–Crippen LogP) is 3.75. The van der Waals surface area contributed by atoms with Crippen LogP contribution in [0.25, 0.3) is 0 Å². The fourth-order valence-corrected chi connectivity index (χ4v) is 5.27. The van der Waals surface area contributed by atoms with E-state index in [1.165, 1.54) is 5.75 Å². The Balaban J connectivity index is 2.20. The first kappa shape index (κ1) is 16.8. The molecular weight excluding hydrogens is 304 g/mol. The van der Waals surface area contributed by atoms with Gasteiger partial charge in [0.1, 0.15) is 0 Å². The quantitative estimate of drug-likeness (QED) is 0.861. The lowest BCUT2D eigenvalue weighted by molar-refractivity contribution is 0.173. The SMILES string of the molecule is CCOc1ccc(C(O)C2SCCSC2C)cc1OCC. The van der Waals surface area contributed by atoms with E-state index in [2.05, 4.69) is 6.92 Å². The zero-order valence-corrected chi connectivity index (χ0v) is 14.5. The first-order valence-electron chi connectivity index (χ1n) is 7.48. The minimum Gasteiger partial charge on any atom is -0.490 e. The van der Waals surface area contributed by atoms with Crippen LogP contribution in [-0.4, -0.2) is 40.3 Å². The summed E-state index contributed by atoms with van der Waals surface area (Å²) >= 11 is 3.80. The summed E-state index contributed by atoms with van der Waals surface area (Å²) in [5, 5.41) is 11.4. The van der Waals surface area contributed by atoms with Crippen LogP contribution in [-0.2, 0) is 0 Å². The van der Waals surface area contributed by atoms with Gasteiger partial charge in [-0.1, -0.05) is 13.0 Å². The Bertz CT molecular complexity index is 453. The van der Waals surface area contributed by atoms with Gasteiger partial charge in [-0.25, -0.2) is 0 Å². The van der Waals surface area contributed by atoms with Crippen LogP contribution in [0.1, 0.15) is 32.4 Å². The minimum atomic E-state index is -0.465. The number of aliphatic hydroxyl groups is 1. The standard InChI is InChI=1S/C16H24O3S2/c1-4-18-13-7-6-12(10-14(13)19-5-2)15(17)16-11(3)20-8-9-21-16/h6-7,10-11,15-17H,4-5,8-9H2,1-3H3. The van der Waals surface area contributed by atoms with Gasteiger partial charge in [0.2, 0.25) is 0 Å². The number of aliphatic hydroxyl groups excluding tert-OH is 1. The Morgan fingerprint density at radius 1 is 1.14 bits per heavy atom. The summed E-state index contributed by atoms with van der Waals surface area (Å²) < 4.78 is 11.2. The molecule has 0 aliphatic carbocycles. The smallest absolute Gasteiger partial charge is 0.161 e. The molecule has 118 valence electrons. The molecule has 3 unspecified atom stereocenters. The highest BCUT2D eigenvalue weighted by Gasteiger charge is 2.30. The highest BCUT2D eigenvalue weighted by molar-refractivity contribution is 8.07. The molecule has 1 heterocycles. The van der Waals surface area contributed by atoms with Gasteiger partial charge in [-0.3, -0.25) is 0 Å². The molecule has 0 aromatic heterocycles. The van der Waals surface area contributed by atoms with Crippen LogP contribution in [0.5, 0.6) is 11.5 Å². The van der Waals surface area contributed by atoms with E-state index in [0.29, 0.717) is 18.5 Å². The summed E-state index contributed by atoms with van der Waals surface area (Å²) in [7, 11) is 0. The molecule has 1 N–H and O–H groups in total. The second-order valence-electron chi connectivity index (χ2n) is 4.93. The van der Waals surface area contributed by atoms with Crippen LogP contribution in [0, 0.1) is 0 Å². The number of benzene rings is 1. The Kier molecular flexibility index (Phi) is 6.58. The van der Waals surface area contributed by atoms with Gasteiger partial charge in [0, 0.05) is 22.0 Å². The molecule has 5 heteroatoms. The lowest BCUT2D eigenvalue weighted by Crippen LogP contribution is -2.29. The average molecular weight is 328 g/mol. The Labute approximate surface area is 135 Å². The van der Waals surface area contributed by atoms with Crippen molar-refractivity contribution in [2.24, 2.45) is 0 Å². The van der Waals surface area contributed by atoms with Gasteiger partial charge in [-0.2, -0.15) is 23.5 Å². The number of hydrogen-bond acceptors (Lipinski definition) is 5. The molecule has 1 fully saturated rings. The molecule has 1 aliphatic heterocycles. The van der Waals surface area contributed by atoms with E-state index in [4.69, 9.17) is 9.47 Å². The van der Waals surface area contributed by atoms with Crippen molar-refractivity contribution < 1.29 is 14.6 Å². The van der Waals surface area contributed by atoms with Crippen molar-refractivity contribution in [2.75, 3.05) is 24.7 Å². The Morgan fingerprint density at radius 2 is 1.81 bits per heavy atom. The van der Waals surface area contributed by atoms with E-state index >= 15 is 0 Å². The zero-order chi connectivity index (χ0) is 15.2. The molecule has 3 atom stereocenters. The van der Waals surface area contributed by atoms with Crippen molar-refractivity contribution >= 4 is 23.5 Å². The molecule has 1 aliphatic rings. The van der Waals surface area contributed by atoms with Crippen molar-refractivity contribution in [3.63, 3.8) is 0 Å². The summed E-state index contributed by atoms with van der Waals surface area (Å²) in [6, 6.07) is 5.77. The summed E-state index contributed by atoms with van der Waals surface area (Å²) in [5.74, 6) is 3.74. The fraction of sp³-hybridized carbons (Fsp3) is 0.625. The second kappa shape index (κ2) is 8.20. The monoisotopic (exact) mass is 328 g/mol. The van der Waals surface area contributed by atoms with E-state index in [1.807, 2.05) is 55.6 Å². The van der Waals surface area contributed by atoms with Gasteiger partial charge in [-0.05, 0) is 31.5 Å². The van der Waals surface area contributed by atoms with Gasteiger partial charge in [-0.15, -0.1) is 0 Å². The van der Waals surface area contributed by atoms with Gasteiger partial charge in [0.05, 0.1) is 19.3 Å². The van der Waals surface area contributed by atoms with Gasteiger partial charge < -0.3 is 14.6 Å². The van der Waals surface area contributed by atoms with Crippen molar-refractivity contribution in [3.05, 3.63) is 23.8 Å². The summed E-state index contributed by atoms with van der Waals surface area (Å²) in [5.41, 5.74) is 0.911. The van der Waals surface area contributed by atoms with Crippen LogP contribution < -0.4 is 9.47 Å². The topological polar surface area (TPSA) is 38.7 Å². The zero-order valence-electron chi connectivity index (χ0n) is 12.9. The van der Waals surface area contributed by atoms with Gasteiger partial charge >= 0.3 is 0 Å². The van der Waals surface area contributed by atoms with Crippen LogP contribution in [0.4, 0.5) is 0 Å². The third kappa shape index (κ3) is 4.24. The molecule has 1 aromatic rings. The highest BCUT2D eigenvalue weighted by Crippen LogP contribution is 2.40. The van der Waals surface area contributed by atoms with Crippen molar-refractivity contribution in [1.29, 1.82) is 0 Å². The Hall–Kier alpha value is -0.520. The molecule has 0 amide bonds. The van der Waals surface area contributed by atoms with Crippen molar-refractivity contribution in [3.8, 4) is 11.5 Å². The lowest BCUT2D eigenvalue weighted by Gasteiger charge is -2.32. The summed E-state index contributed by atoms with van der Waals surface area (Å²) in [4.78, 5) is 0. The Morgan fingerprint density at radius 3 is 2.48 bits per heavy atom. The van der Waals surface area contributed by atoms with E-state index in [1.54, 1.807) is 0 Å². The predicted molar refractivity (Wildman–Crippen MR) is 91.9 cm³/mol. The third-order valence-corrected chi connectivity index (χ3v) is 6.64. The number of hydrogen-bond donors (Lipinski definition) is 1. The first-order valence-corrected chi connectivity index (χ1v) is 9.58. The molecular formula is C16H24O3S2. The maximum absolute atomic E-state index is 10.7. The van der Waals surface area contributed by atoms with Crippen molar-refractivity contribution in [1.82, 2.24) is 0 Å². The second-order valence-corrected chi connectivity index (χ2v) is 7.70. The van der Waals surface area contributed by atoms with Crippen LogP contribution in [0.3, 0.4) is 0 Å². The van der Waals surface area contributed by atoms with Crippen LogP contribution in [0.15, 0.2) is 18.2 Å². The van der Waals surface area contributed by atoms with Crippen LogP contribution >= 0.6 is 23.5 Å². The molecule has 0 bridgehead atoms. The van der Waals surface area contributed by atoms with E-state index in [9.17, 15) is 5.11 Å². The molecule has 0 radical (unpaired) electrons. The highest BCUT2D eigenvalue weighted by atomic mass is 32.2. The van der Waals surface area contributed by atoms with Crippen molar-refractivity contribution in [2.45, 2.75) is 37.4 Å².